The summed E-state index contributed by atoms with van der Waals surface area (Å²) in [5, 5.41) is 11.8. The molecule has 4 aromatic carbocycles. The van der Waals surface area contributed by atoms with E-state index in [0.717, 1.165) is 27.5 Å². The summed E-state index contributed by atoms with van der Waals surface area (Å²) in [5.41, 5.74) is 5.22. The maximum absolute atomic E-state index is 4.72. The normalized spacial score (nSPS) is 11.1. The van der Waals surface area contributed by atoms with Gasteiger partial charge in [0, 0.05) is 21.2 Å². The van der Waals surface area contributed by atoms with Gasteiger partial charge in [0.15, 0.2) is 0 Å². The quantitative estimate of drug-likeness (QED) is 0.291. The molecular formula is C28H19N3S. The molecule has 2 aromatic heterocycles. The third-order valence-corrected chi connectivity index (χ3v) is 6.87. The zero-order valence-electron chi connectivity index (χ0n) is 17.2. The summed E-state index contributed by atoms with van der Waals surface area (Å²) in [6.07, 6.45) is 0. The fraction of sp³-hybridized carbons (Fsp3) is 0. The van der Waals surface area contributed by atoms with Crippen LogP contribution >= 0.6 is 11.3 Å². The summed E-state index contributed by atoms with van der Waals surface area (Å²) < 4.78 is 1.95. The molecule has 152 valence electrons. The van der Waals surface area contributed by atoms with Crippen LogP contribution in [0.15, 0.2) is 115 Å². The largest absolute Gasteiger partial charge is 0.212 e. The van der Waals surface area contributed by atoms with Crippen molar-refractivity contribution in [2.24, 2.45) is 0 Å². The van der Waals surface area contributed by atoms with Crippen LogP contribution in [0, 0.1) is 0 Å². The van der Waals surface area contributed by atoms with Gasteiger partial charge >= 0.3 is 0 Å². The van der Waals surface area contributed by atoms with E-state index in [2.05, 4.69) is 96.2 Å². The van der Waals surface area contributed by atoms with E-state index in [9.17, 15) is 0 Å². The Kier molecular flexibility index (Phi) is 4.63. The second kappa shape index (κ2) is 7.91. The molecular weight excluding hydrogens is 410 g/mol. The van der Waals surface area contributed by atoms with Gasteiger partial charge in [-0.2, -0.15) is 0 Å². The number of fused-ring (bicyclic) bond motifs is 1. The molecule has 0 bridgehead atoms. The second-order valence-electron chi connectivity index (χ2n) is 7.57. The Balaban J connectivity index is 1.65. The minimum atomic E-state index is 0.906. The number of hydrogen-bond acceptors (Lipinski definition) is 3. The number of aromatic nitrogens is 3. The fourth-order valence-electron chi connectivity index (χ4n) is 4.11. The lowest BCUT2D eigenvalue weighted by Gasteiger charge is -2.08. The third-order valence-electron chi connectivity index (χ3n) is 5.59. The first kappa shape index (κ1) is 18.7. The first-order chi connectivity index (χ1) is 15.9. The van der Waals surface area contributed by atoms with Crippen molar-refractivity contribution in [3.8, 4) is 38.0 Å². The fourth-order valence-corrected chi connectivity index (χ4v) is 5.38. The zero-order valence-corrected chi connectivity index (χ0v) is 18.0. The van der Waals surface area contributed by atoms with Crippen LogP contribution in [-0.4, -0.2) is 15.0 Å². The summed E-state index contributed by atoms with van der Waals surface area (Å²) in [7, 11) is 0. The molecule has 0 unspecified atom stereocenters. The first-order valence-electron chi connectivity index (χ1n) is 10.5. The van der Waals surface area contributed by atoms with E-state index in [1.165, 1.54) is 21.2 Å². The number of benzene rings is 4. The van der Waals surface area contributed by atoms with Crippen molar-refractivity contribution >= 4 is 22.1 Å². The van der Waals surface area contributed by atoms with Crippen molar-refractivity contribution < 1.29 is 0 Å². The van der Waals surface area contributed by atoms with Crippen LogP contribution in [0.3, 0.4) is 0 Å². The van der Waals surface area contributed by atoms with Gasteiger partial charge in [-0.05, 0) is 17.7 Å². The summed E-state index contributed by atoms with van der Waals surface area (Å²) in [4.78, 5) is 2.39. The molecule has 0 amide bonds. The number of nitrogens with zero attached hydrogens (tertiary/aromatic N) is 3. The Morgan fingerprint density at radius 2 is 1.06 bits per heavy atom. The van der Waals surface area contributed by atoms with E-state index in [1.807, 2.05) is 28.9 Å². The predicted octanol–water partition coefficient (Wildman–Crippen LogP) is 7.48. The molecule has 2 heterocycles. The predicted molar refractivity (Wildman–Crippen MR) is 133 cm³/mol. The first-order valence-corrected chi connectivity index (χ1v) is 11.4. The van der Waals surface area contributed by atoms with Crippen LogP contribution in [0.1, 0.15) is 0 Å². The van der Waals surface area contributed by atoms with Crippen LogP contribution in [0.5, 0.6) is 0 Å². The molecule has 0 atom stereocenters. The molecule has 0 saturated heterocycles. The van der Waals surface area contributed by atoms with E-state index < -0.39 is 0 Å². The lowest BCUT2D eigenvalue weighted by Crippen LogP contribution is -1.99. The van der Waals surface area contributed by atoms with Crippen LogP contribution in [0.2, 0.25) is 0 Å². The smallest absolute Gasteiger partial charge is 0.132 e. The molecule has 0 spiro atoms. The van der Waals surface area contributed by atoms with Crippen LogP contribution in [0.4, 0.5) is 0 Å². The average Bonchev–Trinajstić information content (AvgIpc) is 3.48. The number of rotatable bonds is 4. The topological polar surface area (TPSA) is 30.7 Å². The number of thiophene rings is 1. The Morgan fingerprint density at radius 1 is 0.531 bits per heavy atom. The molecule has 0 fully saturated rings. The van der Waals surface area contributed by atoms with Gasteiger partial charge in [-0.1, -0.05) is 108 Å². The lowest BCUT2D eigenvalue weighted by molar-refractivity contribution is 0.809. The highest BCUT2D eigenvalue weighted by Gasteiger charge is 2.22. The Hall–Kier alpha value is -4.02. The van der Waals surface area contributed by atoms with Crippen molar-refractivity contribution in [3.63, 3.8) is 0 Å². The summed E-state index contributed by atoms with van der Waals surface area (Å²) >= 11 is 1.78. The van der Waals surface area contributed by atoms with Gasteiger partial charge < -0.3 is 0 Å². The van der Waals surface area contributed by atoms with E-state index >= 15 is 0 Å². The maximum Gasteiger partial charge on any atom is 0.132 e. The molecule has 0 aliphatic heterocycles. The van der Waals surface area contributed by atoms with Crippen molar-refractivity contribution in [2.45, 2.75) is 0 Å². The zero-order chi connectivity index (χ0) is 21.3. The van der Waals surface area contributed by atoms with Gasteiger partial charge in [0.05, 0.1) is 10.6 Å². The second-order valence-corrected chi connectivity index (χ2v) is 8.59. The van der Waals surface area contributed by atoms with E-state index in [-0.39, 0.29) is 0 Å². The highest BCUT2D eigenvalue weighted by Crippen LogP contribution is 2.46. The van der Waals surface area contributed by atoms with Gasteiger partial charge in [0.25, 0.3) is 0 Å². The molecule has 6 rings (SSSR count). The lowest BCUT2D eigenvalue weighted by atomic mass is 10.0. The van der Waals surface area contributed by atoms with Crippen molar-refractivity contribution in [1.29, 1.82) is 0 Å². The van der Waals surface area contributed by atoms with Crippen LogP contribution < -0.4 is 0 Å². The van der Waals surface area contributed by atoms with Gasteiger partial charge in [0.2, 0.25) is 0 Å². The molecule has 6 aromatic rings. The summed E-state index contributed by atoms with van der Waals surface area (Å²) in [6, 6.07) is 39.7. The standard InChI is InChI=1S/C28H19N3S/c1-4-12-20(13-5-1)26-25(29-30-31(26)22-16-8-3-9-17-22)28-24-19-11-10-18-23(24)27(32-28)21-14-6-2-7-15-21/h1-19H. The van der Waals surface area contributed by atoms with Gasteiger partial charge in [-0.15, -0.1) is 16.4 Å². The summed E-state index contributed by atoms with van der Waals surface area (Å²) in [5.74, 6) is 0. The Bertz CT molecular complexity index is 1500. The molecule has 0 aliphatic rings. The molecule has 0 radical (unpaired) electrons. The molecule has 0 aliphatic carbocycles. The Morgan fingerprint density at radius 3 is 1.72 bits per heavy atom. The highest BCUT2D eigenvalue weighted by atomic mass is 32.1. The monoisotopic (exact) mass is 429 g/mol. The third kappa shape index (κ3) is 3.13. The van der Waals surface area contributed by atoms with Gasteiger partial charge in [0.1, 0.15) is 11.4 Å². The van der Waals surface area contributed by atoms with E-state index in [1.54, 1.807) is 11.3 Å². The minimum absolute atomic E-state index is 0.906. The van der Waals surface area contributed by atoms with Crippen molar-refractivity contribution in [1.82, 2.24) is 15.0 Å². The maximum atomic E-state index is 4.72. The van der Waals surface area contributed by atoms with Gasteiger partial charge in [-0.3, -0.25) is 0 Å². The number of hydrogen-bond donors (Lipinski definition) is 0. The number of para-hydroxylation sites is 1. The molecule has 4 heteroatoms. The minimum Gasteiger partial charge on any atom is -0.212 e. The average molecular weight is 430 g/mol. The molecule has 0 N–H and O–H groups in total. The molecule has 3 nitrogen and oxygen atoms in total. The molecule has 32 heavy (non-hydrogen) atoms. The molecule has 0 saturated carbocycles. The van der Waals surface area contributed by atoms with Crippen molar-refractivity contribution in [2.75, 3.05) is 0 Å². The van der Waals surface area contributed by atoms with Crippen molar-refractivity contribution in [3.05, 3.63) is 115 Å². The van der Waals surface area contributed by atoms with E-state index in [0.29, 0.717) is 0 Å². The van der Waals surface area contributed by atoms with Gasteiger partial charge in [-0.25, -0.2) is 4.68 Å². The highest BCUT2D eigenvalue weighted by molar-refractivity contribution is 7.21. The summed E-state index contributed by atoms with van der Waals surface area (Å²) in [6.45, 7) is 0. The van der Waals surface area contributed by atoms with Crippen LogP contribution in [-0.2, 0) is 0 Å². The van der Waals surface area contributed by atoms with Crippen LogP contribution in [0.25, 0.3) is 48.7 Å². The Labute approximate surface area is 190 Å². The SMILES string of the molecule is c1ccc(-c2sc(-c3nnn(-c4ccccc4)c3-c3ccccc3)c3ccccc23)cc1. The van der Waals surface area contributed by atoms with E-state index in [4.69, 9.17) is 5.10 Å².